The van der Waals surface area contributed by atoms with Crippen LogP contribution in [0.2, 0.25) is 0 Å². The monoisotopic (exact) mass is 290 g/mol. The van der Waals surface area contributed by atoms with Crippen molar-refractivity contribution in [2.24, 2.45) is 0 Å². The van der Waals surface area contributed by atoms with E-state index in [0.717, 1.165) is 30.8 Å². The standard InChI is InChI=1S/C16H22N2OS/c1-3-9-17-15(4-2)16-8-7-13(11-18-16)19-12-14-6-5-10-20-14/h5-8,10-11,15,17H,3-4,9,12H2,1-2H3. The Bertz CT molecular complexity index is 482. The summed E-state index contributed by atoms with van der Waals surface area (Å²) in [5.41, 5.74) is 1.09. The van der Waals surface area contributed by atoms with Crippen molar-refractivity contribution in [2.75, 3.05) is 6.54 Å². The van der Waals surface area contributed by atoms with Crippen molar-refractivity contribution < 1.29 is 4.74 Å². The van der Waals surface area contributed by atoms with E-state index in [2.05, 4.69) is 41.7 Å². The van der Waals surface area contributed by atoms with Gasteiger partial charge in [0.1, 0.15) is 12.4 Å². The molecule has 2 heterocycles. The number of nitrogens with one attached hydrogen (secondary N) is 1. The van der Waals surface area contributed by atoms with Crippen LogP contribution in [0.25, 0.3) is 0 Å². The first kappa shape index (κ1) is 15.0. The SMILES string of the molecule is CCCNC(CC)c1ccc(OCc2cccs2)cn1. The highest BCUT2D eigenvalue weighted by atomic mass is 32.1. The number of pyridine rings is 1. The Kier molecular flexibility index (Phi) is 6.02. The molecule has 20 heavy (non-hydrogen) atoms. The second kappa shape index (κ2) is 8.02. The van der Waals surface area contributed by atoms with Crippen LogP contribution in [-0.4, -0.2) is 11.5 Å². The summed E-state index contributed by atoms with van der Waals surface area (Å²) in [4.78, 5) is 5.75. The third kappa shape index (κ3) is 4.32. The fourth-order valence-electron chi connectivity index (χ4n) is 2.01. The van der Waals surface area contributed by atoms with Crippen molar-refractivity contribution in [1.29, 1.82) is 0 Å². The lowest BCUT2D eigenvalue weighted by Crippen LogP contribution is -2.22. The first-order chi connectivity index (χ1) is 9.83. The summed E-state index contributed by atoms with van der Waals surface area (Å²) in [7, 11) is 0. The molecule has 2 aromatic heterocycles. The van der Waals surface area contributed by atoms with Gasteiger partial charge >= 0.3 is 0 Å². The predicted molar refractivity (Wildman–Crippen MR) is 84.2 cm³/mol. The summed E-state index contributed by atoms with van der Waals surface area (Å²) < 4.78 is 5.73. The molecule has 108 valence electrons. The Morgan fingerprint density at radius 2 is 2.20 bits per heavy atom. The summed E-state index contributed by atoms with van der Waals surface area (Å²) in [6.07, 6.45) is 4.00. The van der Waals surface area contributed by atoms with E-state index in [9.17, 15) is 0 Å². The molecule has 2 rings (SSSR count). The Balaban J connectivity index is 1.91. The van der Waals surface area contributed by atoms with Crippen LogP contribution >= 0.6 is 11.3 Å². The van der Waals surface area contributed by atoms with Crippen LogP contribution in [0.3, 0.4) is 0 Å². The van der Waals surface area contributed by atoms with Gasteiger partial charge in [-0.3, -0.25) is 4.98 Å². The van der Waals surface area contributed by atoms with Gasteiger partial charge in [0, 0.05) is 10.9 Å². The molecule has 0 aliphatic rings. The molecule has 0 amide bonds. The maximum atomic E-state index is 5.73. The summed E-state index contributed by atoms with van der Waals surface area (Å²) in [6.45, 7) is 5.99. The van der Waals surface area contributed by atoms with E-state index in [1.54, 1.807) is 11.3 Å². The first-order valence-corrected chi connectivity index (χ1v) is 8.06. The van der Waals surface area contributed by atoms with E-state index in [1.165, 1.54) is 4.88 Å². The molecule has 0 saturated heterocycles. The van der Waals surface area contributed by atoms with E-state index >= 15 is 0 Å². The minimum atomic E-state index is 0.335. The number of hydrogen-bond donors (Lipinski definition) is 1. The highest BCUT2D eigenvalue weighted by molar-refractivity contribution is 7.09. The molecule has 1 unspecified atom stereocenters. The molecule has 3 nitrogen and oxygen atoms in total. The largest absolute Gasteiger partial charge is 0.486 e. The minimum Gasteiger partial charge on any atom is -0.486 e. The highest BCUT2D eigenvalue weighted by Gasteiger charge is 2.09. The van der Waals surface area contributed by atoms with Crippen molar-refractivity contribution in [3.05, 3.63) is 46.4 Å². The molecule has 4 heteroatoms. The van der Waals surface area contributed by atoms with Crippen LogP contribution in [-0.2, 0) is 6.61 Å². The Morgan fingerprint density at radius 1 is 1.30 bits per heavy atom. The lowest BCUT2D eigenvalue weighted by Gasteiger charge is -2.16. The van der Waals surface area contributed by atoms with Crippen LogP contribution in [0.4, 0.5) is 0 Å². The third-order valence-corrected chi connectivity index (χ3v) is 3.98. The average molecular weight is 290 g/mol. The second-order valence-corrected chi connectivity index (χ2v) is 5.73. The number of ether oxygens (including phenoxy) is 1. The summed E-state index contributed by atoms with van der Waals surface area (Å²) in [5, 5.41) is 5.57. The summed E-state index contributed by atoms with van der Waals surface area (Å²) >= 11 is 1.71. The number of hydrogen-bond acceptors (Lipinski definition) is 4. The molecule has 0 saturated carbocycles. The molecule has 0 aliphatic carbocycles. The van der Waals surface area contributed by atoms with Crippen LogP contribution in [0.15, 0.2) is 35.8 Å². The molecular formula is C16H22N2OS. The minimum absolute atomic E-state index is 0.335. The van der Waals surface area contributed by atoms with Crippen molar-refractivity contribution in [2.45, 2.75) is 39.3 Å². The fraction of sp³-hybridized carbons (Fsp3) is 0.438. The van der Waals surface area contributed by atoms with Crippen LogP contribution in [0, 0.1) is 0 Å². The number of thiophene rings is 1. The third-order valence-electron chi connectivity index (χ3n) is 3.13. The molecule has 1 atom stereocenters. The smallest absolute Gasteiger partial charge is 0.138 e. The molecule has 0 spiro atoms. The van der Waals surface area contributed by atoms with Crippen molar-refractivity contribution in [1.82, 2.24) is 10.3 Å². The van der Waals surface area contributed by atoms with E-state index in [-0.39, 0.29) is 0 Å². The highest BCUT2D eigenvalue weighted by Crippen LogP contribution is 2.19. The topological polar surface area (TPSA) is 34.1 Å². The Labute approximate surface area is 125 Å². The second-order valence-electron chi connectivity index (χ2n) is 4.70. The quantitative estimate of drug-likeness (QED) is 0.792. The molecular weight excluding hydrogens is 268 g/mol. The van der Waals surface area contributed by atoms with Gasteiger partial charge in [-0.1, -0.05) is 19.9 Å². The van der Waals surface area contributed by atoms with Crippen LogP contribution in [0.5, 0.6) is 5.75 Å². The number of rotatable bonds is 8. The van der Waals surface area contributed by atoms with Gasteiger partial charge in [0.25, 0.3) is 0 Å². The molecule has 0 aliphatic heterocycles. The van der Waals surface area contributed by atoms with Gasteiger partial charge < -0.3 is 10.1 Å². The zero-order valence-corrected chi connectivity index (χ0v) is 13.0. The van der Waals surface area contributed by atoms with Crippen molar-refractivity contribution >= 4 is 11.3 Å². The molecule has 1 N–H and O–H groups in total. The zero-order valence-electron chi connectivity index (χ0n) is 12.1. The first-order valence-electron chi connectivity index (χ1n) is 7.18. The van der Waals surface area contributed by atoms with Crippen molar-refractivity contribution in [3.8, 4) is 5.75 Å². The summed E-state index contributed by atoms with van der Waals surface area (Å²) in [5.74, 6) is 0.826. The van der Waals surface area contributed by atoms with Crippen LogP contribution < -0.4 is 10.1 Å². The van der Waals surface area contributed by atoms with E-state index < -0.39 is 0 Å². The molecule has 2 aromatic rings. The molecule has 0 bridgehead atoms. The van der Waals surface area contributed by atoms with Gasteiger partial charge in [0.2, 0.25) is 0 Å². The van der Waals surface area contributed by atoms with Gasteiger partial charge in [-0.15, -0.1) is 11.3 Å². The Hall–Kier alpha value is -1.39. The van der Waals surface area contributed by atoms with E-state index in [4.69, 9.17) is 4.74 Å². The normalized spacial score (nSPS) is 12.3. The predicted octanol–water partition coefficient (Wildman–Crippen LogP) is 4.17. The van der Waals surface area contributed by atoms with Gasteiger partial charge in [-0.2, -0.15) is 0 Å². The molecule has 0 radical (unpaired) electrons. The number of nitrogens with zero attached hydrogens (tertiary/aromatic N) is 1. The van der Waals surface area contributed by atoms with E-state index in [0.29, 0.717) is 12.6 Å². The maximum Gasteiger partial charge on any atom is 0.138 e. The van der Waals surface area contributed by atoms with Crippen molar-refractivity contribution in [3.63, 3.8) is 0 Å². The Morgan fingerprint density at radius 3 is 2.80 bits per heavy atom. The van der Waals surface area contributed by atoms with Gasteiger partial charge in [0.15, 0.2) is 0 Å². The van der Waals surface area contributed by atoms with Crippen LogP contribution in [0.1, 0.15) is 43.3 Å². The van der Waals surface area contributed by atoms with E-state index in [1.807, 2.05) is 18.3 Å². The van der Waals surface area contributed by atoms with Gasteiger partial charge in [0.05, 0.1) is 11.9 Å². The fourth-order valence-corrected chi connectivity index (χ4v) is 2.63. The zero-order chi connectivity index (χ0) is 14.2. The maximum absolute atomic E-state index is 5.73. The molecule has 0 fully saturated rings. The summed E-state index contributed by atoms with van der Waals surface area (Å²) in [6, 6.07) is 8.51. The number of aromatic nitrogens is 1. The lowest BCUT2D eigenvalue weighted by molar-refractivity contribution is 0.308. The average Bonchev–Trinajstić information content (AvgIpc) is 3.00. The lowest BCUT2D eigenvalue weighted by atomic mass is 10.1. The molecule has 0 aromatic carbocycles. The van der Waals surface area contributed by atoms with Gasteiger partial charge in [-0.05, 0) is 43.0 Å². The van der Waals surface area contributed by atoms with Gasteiger partial charge in [-0.25, -0.2) is 0 Å².